The number of nitrogens with zero attached hydrogens (tertiary/aromatic N) is 2. The molecule has 0 bridgehead atoms. The number of amides is 2. The standard InChI is InChI=1S/C20H17FN4O3/c1-11-19(13-4-7-16-15(8-13)23-18(27)10-28-16)20(25(24-11)9-17(22)26)12-2-5-14(21)6-3-12/h2-8H,9-10H2,1H3,(H2,22,26)(H,23,27). The van der Waals surface area contributed by atoms with Crippen molar-refractivity contribution in [2.75, 3.05) is 11.9 Å². The molecular formula is C20H17FN4O3. The van der Waals surface area contributed by atoms with Crippen LogP contribution in [-0.2, 0) is 16.1 Å². The number of hydrogen-bond donors (Lipinski definition) is 2. The Balaban J connectivity index is 1.90. The van der Waals surface area contributed by atoms with Crippen LogP contribution in [0.3, 0.4) is 0 Å². The number of carbonyl (C=O) groups excluding carboxylic acids is 2. The van der Waals surface area contributed by atoms with Gasteiger partial charge in [0, 0.05) is 11.1 Å². The quantitative estimate of drug-likeness (QED) is 0.726. The zero-order valence-corrected chi connectivity index (χ0v) is 15.0. The third-order valence-corrected chi connectivity index (χ3v) is 4.45. The summed E-state index contributed by atoms with van der Waals surface area (Å²) in [6.45, 7) is 1.68. The number of aryl methyl sites for hydroxylation is 1. The Morgan fingerprint density at radius 3 is 2.68 bits per heavy atom. The number of primary amides is 1. The number of hydrogen-bond acceptors (Lipinski definition) is 4. The van der Waals surface area contributed by atoms with Gasteiger partial charge in [0.15, 0.2) is 6.61 Å². The molecule has 3 aromatic rings. The van der Waals surface area contributed by atoms with Crippen LogP contribution in [0, 0.1) is 12.7 Å². The molecule has 2 aromatic carbocycles. The van der Waals surface area contributed by atoms with Gasteiger partial charge in [-0.1, -0.05) is 6.07 Å². The summed E-state index contributed by atoms with van der Waals surface area (Å²) in [5, 5.41) is 7.24. The number of aromatic nitrogens is 2. The first-order valence-corrected chi connectivity index (χ1v) is 8.61. The molecule has 2 amide bonds. The van der Waals surface area contributed by atoms with Gasteiger partial charge in [0.1, 0.15) is 18.1 Å². The second kappa shape index (κ2) is 6.80. The molecule has 0 saturated carbocycles. The number of ether oxygens (including phenoxy) is 1. The number of fused-ring (bicyclic) bond motifs is 1. The van der Waals surface area contributed by atoms with Crippen LogP contribution in [-0.4, -0.2) is 28.2 Å². The largest absolute Gasteiger partial charge is 0.482 e. The predicted octanol–water partition coefficient (Wildman–Crippen LogP) is 2.48. The van der Waals surface area contributed by atoms with E-state index in [1.54, 1.807) is 24.3 Å². The summed E-state index contributed by atoms with van der Waals surface area (Å²) in [5.74, 6) is -0.557. The van der Waals surface area contributed by atoms with Crippen molar-refractivity contribution in [1.82, 2.24) is 9.78 Å². The SMILES string of the molecule is Cc1nn(CC(N)=O)c(-c2ccc(F)cc2)c1-c1ccc2c(c1)NC(=O)CO2. The Morgan fingerprint density at radius 2 is 1.96 bits per heavy atom. The number of rotatable bonds is 4. The summed E-state index contributed by atoms with van der Waals surface area (Å²) >= 11 is 0. The van der Waals surface area contributed by atoms with Crippen LogP contribution >= 0.6 is 0 Å². The van der Waals surface area contributed by atoms with E-state index >= 15 is 0 Å². The van der Waals surface area contributed by atoms with Crippen LogP contribution in [0.2, 0.25) is 0 Å². The molecule has 2 heterocycles. The first kappa shape index (κ1) is 17.7. The molecule has 0 saturated heterocycles. The first-order valence-electron chi connectivity index (χ1n) is 8.61. The van der Waals surface area contributed by atoms with Gasteiger partial charge in [0.2, 0.25) is 5.91 Å². The summed E-state index contributed by atoms with van der Waals surface area (Å²) in [6.07, 6.45) is 0. The normalized spacial score (nSPS) is 12.9. The van der Waals surface area contributed by atoms with Crippen molar-refractivity contribution in [1.29, 1.82) is 0 Å². The van der Waals surface area contributed by atoms with E-state index in [9.17, 15) is 14.0 Å². The number of halogens is 1. The maximum atomic E-state index is 13.4. The molecule has 0 radical (unpaired) electrons. The van der Waals surface area contributed by atoms with E-state index < -0.39 is 5.91 Å². The molecule has 1 aliphatic heterocycles. The van der Waals surface area contributed by atoms with Crippen molar-refractivity contribution in [3.8, 4) is 28.1 Å². The van der Waals surface area contributed by atoms with Crippen LogP contribution in [0.1, 0.15) is 5.69 Å². The molecule has 0 spiro atoms. The molecule has 0 atom stereocenters. The van der Waals surface area contributed by atoms with Crippen molar-refractivity contribution < 1.29 is 18.7 Å². The van der Waals surface area contributed by atoms with Gasteiger partial charge >= 0.3 is 0 Å². The highest BCUT2D eigenvalue weighted by atomic mass is 19.1. The summed E-state index contributed by atoms with van der Waals surface area (Å²) in [5.41, 5.74) is 9.47. The molecule has 1 aromatic heterocycles. The number of anilines is 1. The average Bonchev–Trinajstić information content (AvgIpc) is 2.96. The maximum absolute atomic E-state index is 13.4. The highest BCUT2D eigenvalue weighted by Gasteiger charge is 2.22. The highest BCUT2D eigenvalue weighted by Crippen LogP contribution is 2.39. The van der Waals surface area contributed by atoms with Crippen LogP contribution in [0.15, 0.2) is 42.5 Å². The monoisotopic (exact) mass is 380 g/mol. The van der Waals surface area contributed by atoms with Crippen molar-refractivity contribution in [3.63, 3.8) is 0 Å². The van der Waals surface area contributed by atoms with Crippen LogP contribution in [0.25, 0.3) is 22.4 Å². The molecule has 3 N–H and O–H groups in total. The van der Waals surface area contributed by atoms with Gasteiger partial charge in [-0.15, -0.1) is 0 Å². The second-order valence-corrected chi connectivity index (χ2v) is 6.49. The van der Waals surface area contributed by atoms with Crippen LogP contribution < -0.4 is 15.8 Å². The van der Waals surface area contributed by atoms with Crippen molar-refractivity contribution >= 4 is 17.5 Å². The highest BCUT2D eigenvalue weighted by molar-refractivity contribution is 5.97. The summed E-state index contributed by atoms with van der Waals surface area (Å²) < 4.78 is 20.3. The fourth-order valence-corrected chi connectivity index (χ4v) is 3.33. The number of carbonyl (C=O) groups is 2. The Kier molecular flexibility index (Phi) is 4.31. The van der Waals surface area contributed by atoms with Crippen molar-refractivity contribution in [3.05, 3.63) is 54.0 Å². The van der Waals surface area contributed by atoms with E-state index in [1.165, 1.54) is 16.8 Å². The van der Waals surface area contributed by atoms with E-state index in [-0.39, 0.29) is 24.9 Å². The summed E-state index contributed by atoms with van der Waals surface area (Å²) in [6, 6.07) is 11.3. The molecule has 142 valence electrons. The third kappa shape index (κ3) is 3.20. The zero-order valence-electron chi connectivity index (χ0n) is 15.0. The van der Waals surface area contributed by atoms with Gasteiger partial charge in [0.05, 0.1) is 17.1 Å². The van der Waals surface area contributed by atoms with Crippen molar-refractivity contribution in [2.45, 2.75) is 13.5 Å². The van der Waals surface area contributed by atoms with E-state index in [1.807, 2.05) is 13.0 Å². The van der Waals surface area contributed by atoms with Gasteiger partial charge < -0.3 is 15.8 Å². The lowest BCUT2D eigenvalue weighted by Crippen LogP contribution is -2.25. The molecule has 4 rings (SSSR count). The predicted molar refractivity (Wildman–Crippen MR) is 101 cm³/mol. The van der Waals surface area contributed by atoms with Gasteiger partial charge in [-0.3, -0.25) is 14.3 Å². The fraction of sp³-hybridized carbons (Fsp3) is 0.150. The van der Waals surface area contributed by atoms with Crippen LogP contribution in [0.4, 0.5) is 10.1 Å². The second-order valence-electron chi connectivity index (χ2n) is 6.49. The lowest BCUT2D eigenvalue weighted by Gasteiger charge is -2.19. The minimum Gasteiger partial charge on any atom is -0.482 e. The van der Waals surface area contributed by atoms with Gasteiger partial charge in [-0.25, -0.2) is 4.39 Å². The Hall–Kier alpha value is -3.68. The summed E-state index contributed by atoms with van der Waals surface area (Å²) in [4.78, 5) is 23.2. The molecule has 0 aliphatic carbocycles. The zero-order chi connectivity index (χ0) is 19.8. The number of nitrogens with one attached hydrogen (secondary N) is 1. The maximum Gasteiger partial charge on any atom is 0.262 e. The van der Waals surface area contributed by atoms with Gasteiger partial charge in [-0.2, -0.15) is 5.10 Å². The molecular weight excluding hydrogens is 363 g/mol. The lowest BCUT2D eigenvalue weighted by molar-refractivity contribution is -0.119. The first-order chi connectivity index (χ1) is 13.4. The topological polar surface area (TPSA) is 99.2 Å². The minimum atomic E-state index is -0.538. The number of nitrogens with two attached hydrogens (primary N) is 1. The van der Waals surface area contributed by atoms with E-state index in [2.05, 4.69) is 10.4 Å². The smallest absolute Gasteiger partial charge is 0.262 e. The Labute approximate surface area is 159 Å². The molecule has 7 nitrogen and oxygen atoms in total. The van der Waals surface area contributed by atoms with E-state index in [0.717, 1.165) is 11.1 Å². The van der Waals surface area contributed by atoms with Crippen LogP contribution in [0.5, 0.6) is 5.75 Å². The van der Waals surface area contributed by atoms with Crippen molar-refractivity contribution in [2.24, 2.45) is 5.73 Å². The molecule has 28 heavy (non-hydrogen) atoms. The lowest BCUT2D eigenvalue weighted by atomic mass is 9.98. The molecule has 8 heteroatoms. The fourth-order valence-electron chi connectivity index (χ4n) is 3.33. The van der Waals surface area contributed by atoms with E-state index in [4.69, 9.17) is 10.5 Å². The third-order valence-electron chi connectivity index (χ3n) is 4.45. The molecule has 0 fully saturated rings. The Bertz CT molecular complexity index is 1090. The van der Waals surface area contributed by atoms with Gasteiger partial charge in [0.25, 0.3) is 5.91 Å². The van der Waals surface area contributed by atoms with E-state index in [0.29, 0.717) is 28.4 Å². The Morgan fingerprint density at radius 1 is 1.25 bits per heavy atom. The number of benzene rings is 2. The average molecular weight is 380 g/mol. The minimum absolute atomic E-state index is 0.0251. The molecule has 0 unspecified atom stereocenters. The molecule has 1 aliphatic rings. The van der Waals surface area contributed by atoms with Gasteiger partial charge in [-0.05, 0) is 48.9 Å². The summed E-state index contributed by atoms with van der Waals surface area (Å²) in [7, 11) is 0.